The van der Waals surface area contributed by atoms with Crippen LogP contribution in [0.5, 0.6) is 0 Å². The van der Waals surface area contributed by atoms with E-state index in [0.29, 0.717) is 13.1 Å². The van der Waals surface area contributed by atoms with Gasteiger partial charge in [-0.3, -0.25) is 4.90 Å². The lowest BCUT2D eigenvalue weighted by Crippen LogP contribution is -2.58. The number of hydrogen-bond acceptors (Lipinski definition) is 6. The Kier molecular flexibility index (Phi) is 7.28. The number of aliphatic hydroxyl groups excluding tert-OH is 2. The van der Waals surface area contributed by atoms with Gasteiger partial charge in [-0.15, -0.1) is 0 Å². The largest absolute Gasteiger partial charge is 0.394 e. The molecule has 1 aromatic carbocycles. The fourth-order valence-electron chi connectivity index (χ4n) is 4.03. The molecule has 162 valence electrons. The molecule has 8 nitrogen and oxygen atoms in total. The van der Waals surface area contributed by atoms with Crippen LogP contribution in [0.25, 0.3) is 0 Å². The molecule has 0 saturated carbocycles. The Morgan fingerprint density at radius 3 is 2.45 bits per heavy atom. The van der Waals surface area contributed by atoms with Crippen LogP contribution in [0.3, 0.4) is 0 Å². The predicted octanol–water partition coefficient (Wildman–Crippen LogP) is 0.145. The number of amides is 2. The van der Waals surface area contributed by atoms with Crippen LogP contribution in [0.1, 0.15) is 13.8 Å². The Hall–Kier alpha value is -1.94. The molecule has 0 bridgehead atoms. The van der Waals surface area contributed by atoms with Crippen molar-refractivity contribution in [2.75, 3.05) is 44.2 Å². The first-order valence-corrected chi connectivity index (χ1v) is 10.1. The smallest absolute Gasteiger partial charge is 0.315 e. The molecule has 2 aliphatic heterocycles. The molecule has 2 heterocycles. The van der Waals surface area contributed by atoms with Gasteiger partial charge in [0.2, 0.25) is 0 Å². The second-order valence-electron chi connectivity index (χ2n) is 7.89. The van der Waals surface area contributed by atoms with Gasteiger partial charge in [-0.1, -0.05) is 0 Å². The molecule has 9 heteroatoms. The molecule has 3 rings (SSSR count). The molecule has 1 aromatic rings. The second kappa shape index (κ2) is 9.71. The minimum atomic E-state index is -0.836. The van der Waals surface area contributed by atoms with E-state index in [2.05, 4.69) is 20.4 Å². The van der Waals surface area contributed by atoms with Crippen molar-refractivity contribution in [2.45, 2.75) is 44.2 Å². The van der Waals surface area contributed by atoms with Crippen LogP contribution >= 0.6 is 0 Å². The van der Waals surface area contributed by atoms with Crippen LogP contribution in [0.4, 0.5) is 14.9 Å². The maximum Gasteiger partial charge on any atom is 0.315 e. The molecule has 2 amide bonds. The Bertz CT molecular complexity index is 667. The summed E-state index contributed by atoms with van der Waals surface area (Å²) in [5, 5.41) is 25.8. The van der Waals surface area contributed by atoms with E-state index in [4.69, 9.17) is 4.74 Å². The minimum absolute atomic E-state index is 0.0191. The minimum Gasteiger partial charge on any atom is -0.394 e. The van der Waals surface area contributed by atoms with Gasteiger partial charge in [0.25, 0.3) is 0 Å². The number of nitrogens with zero attached hydrogens (tertiary/aromatic N) is 2. The van der Waals surface area contributed by atoms with E-state index in [9.17, 15) is 19.4 Å². The summed E-state index contributed by atoms with van der Waals surface area (Å²) in [5.41, 5.74) is 0.964. The topological polar surface area (TPSA) is 97.3 Å². The average Bonchev–Trinajstić information content (AvgIpc) is 3.02. The number of rotatable bonds is 6. The van der Waals surface area contributed by atoms with Gasteiger partial charge in [-0.05, 0) is 38.1 Å². The number of nitrogens with one attached hydrogen (secondary N) is 2. The Labute approximate surface area is 170 Å². The third kappa shape index (κ3) is 5.36. The lowest BCUT2D eigenvalue weighted by Gasteiger charge is -2.41. The summed E-state index contributed by atoms with van der Waals surface area (Å²) in [5.74, 6) is -0.259. The highest BCUT2D eigenvalue weighted by molar-refractivity contribution is 5.74. The van der Waals surface area contributed by atoms with E-state index in [1.807, 2.05) is 13.8 Å². The van der Waals surface area contributed by atoms with E-state index < -0.39 is 18.3 Å². The van der Waals surface area contributed by atoms with Crippen molar-refractivity contribution < 1.29 is 24.1 Å². The lowest BCUT2D eigenvalue weighted by atomic mass is 10.0. The van der Waals surface area contributed by atoms with E-state index in [1.54, 1.807) is 12.1 Å². The monoisotopic (exact) mass is 410 g/mol. The van der Waals surface area contributed by atoms with Gasteiger partial charge in [-0.2, -0.15) is 0 Å². The van der Waals surface area contributed by atoms with Gasteiger partial charge in [0.05, 0.1) is 18.8 Å². The third-order valence-corrected chi connectivity index (χ3v) is 5.45. The Morgan fingerprint density at radius 2 is 1.86 bits per heavy atom. The van der Waals surface area contributed by atoms with Crippen molar-refractivity contribution in [1.29, 1.82) is 0 Å². The Morgan fingerprint density at radius 1 is 1.21 bits per heavy atom. The third-order valence-electron chi connectivity index (χ3n) is 5.45. The normalized spacial score (nSPS) is 28.0. The van der Waals surface area contributed by atoms with Crippen molar-refractivity contribution >= 4 is 11.7 Å². The standard InChI is InChI=1S/C20H31FN4O4/c1-13(2)23-20(28)22-11-16-18(19(27)17(12-26)29-16)25-9-7-24(8-10-25)15-5-3-14(21)4-6-15/h3-6,13,16-19,26-27H,7-12H2,1-2H3,(H2,22,23,28). The van der Waals surface area contributed by atoms with Crippen LogP contribution in [0, 0.1) is 5.82 Å². The number of piperazine rings is 1. The zero-order chi connectivity index (χ0) is 21.0. The maximum absolute atomic E-state index is 13.2. The van der Waals surface area contributed by atoms with E-state index in [0.717, 1.165) is 18.8 Å². The molecular weight excluding hydrogens is 379 g/mol. The van der Waals surface area contributed by atoms with Gasteiger partial charge in [0, 0.05) is 44.5 Å². The number of halogens is 1. The predicted molar refractivity (Wildman–Crippen MR) is 107 cm³/mol. The number of urea groups is 1. The molecule has 4 N–H and O–H groups in total. The highest BCUT2D eigenvalue weighted by atomic mass is 19.1. The first-order valence-electron chi connectivity index (χ1n) is 10.1. The van der Waals surface area contributed by atoms with E-state index >= 15 is 0 Å². The first-order chi connectivity index (χ1) is 13.9. The van der Waals surface area contributed by atoms with Crippen molar-refractivity contribution in [1.82, 2.24) is 15.5 Å². The van der Waals surface area contributed by atoms with Crippen LogP contribution in [0.2, 0.25) is 0 Å². The SMILES string of the molecule is CC(C)NC(=O)NCC1OC(CO)C(O)C1N1CCN(c2ccc(F)cc2)CC1. The number of carbonyl (C=O) groups excluding carboxylic acids is 1. The van der Waals surface area contributed by atoms with Crippen LogP contribution in [-0.2, 0) is 4.74 Å². The quantitative estimate of drug-likeness (QED) is 0.533. The molecule has 2 aliphatic rings. The highest BCUT2D eigenvalue weighted by Gasteiger charge is 2.46. The van der Waals surface area contributed by atoms with Gasteiger partial charge in [0.15, 0.2) is 0 Å². The number of anilines is 1. The highest BCUT2D eigenvalue weighted by Crippen LogP contribution is 2.27. The molecular formula is C20H31FN4O4. The molecule has 4 unspecified atom stereocenters. The molecule has 0 radical (unpaired) electrons. The van der Waals surface area contributed by atoms with Crippen molar-refractivity contribution in [3.63, 3.8) is 0 Å². The van der Waals surface area contributed by atoms with Crippen molar-refractivity contribution in [3.8, 4) is 0 Å². The second-order valence-corrected chi connectivity index (χ2v) is 7.89. The summed E-state index contributed by atoms with van der Waals surface area (Å²) >= 11 is 0. The van der Waals surface area contributed by atoms with Gasteiger partial charge < -0.3 is 30.5 Å². The summed E-state index contributed by atoms with van der Waals surface area (Å²) in [6, 6.07) is 5.84. The summed E-state index contributed by atoms with van der Waals surface area (Å²) in [6.45, 7) is 6.56. The van der Waals surface area contributed by atoms with Crippen molar-refractivity contribution in [2.24, 2.45) is 0 Å². The van der Waals surface area contributed by atoms with Gasteiger partial charge in [0.1, 0.15) is 18.0 Å². The first kappa shape index (κ1) is 21.8. The van der Waals surface area contributed by atoms with Gasteiger partial charge >= 0.3 is 6.03 Å². The number of aliphatic hydroxyl groups is 2. The molecule has 2 saturated heterocycles. The summed E-state index contributed by atoms with van der Waals surface area (Å²) in [6.07, 6.45) is -1.93. The summed E-state index contributed by atoms with van der Waals surface area (Å²) in [4.78, 5) is 16.2. The fourth-order valence-corrected chi connectivity index (χ4v) is 4.03. The number of benzene rings is 1. The number of hydrogen-bond donors (Lipinski definition) is 4. The zero-order valence-electron chi connectivity index (χ0n) is 16.9. The van der Waals surface area contributed by atoms with E-state index in [-0.39, 0.29) is 37.1 Å². The van der Waals surface area contributed by atoms with Crippen LogP contribution in [0.15, 0.2) is 24.3 Å². The molecule has 4 atom stereocenters. The molecule has 0 spiro atoms. The van der Waals surface area contributed by atoms with Crippen LogP contribution in [-0.4, -0.2) is 90.9 Å². The maximum atomic E-state index is 13.2. The zero-order valence-corrected chi connectivity index (χ0v) is 16.9. The lowest BCUT2D eigenvalue weighted by molar-refractivity contribution is -0.0206. The summed E-state index contributed by atoms with van der Waals surface area (Å²) < 4.78 is 19.0. The summed E-state index contributed by atoms with van der Waals surface area (Å²) in [7, 11) is 0. The van der Waals surface area contributed by atoms with E-state index in [1.165, 1.54) is 12.1 Å². The van der Waals surface area contributed by atoms with Crippen molar-refractivity contribution in [3.05, 3.63) is 30.1 Å². The van der Waals surface area contributed by atoms with Crippen LogP contribution < -0.4 is 15.5 Å². The fraction of sp³-hybridized carbons (Fsp3) is 0.650. The van der Waals surface area contributed by atoms with Gasteiger partial charge in [-0.25, -0.2) is 9.18 Å². The number of ether oxygens (including phenoxy) is 1. The molecule has 0 aromatic heterocycles. The number of carbonyl (C=O) groups is 1. The molecule has 0 aliphatic carbocycles. The Balaban J connectivity index is 1.60. The molecule has 2 fully saturated rings. The average molecular weight is 410 g/mol. The molecule has 29 heavy (non-hydrogen) atoms.